The van der Waals surface area contributed by atoms with Gasteiger partial charge in [-0.15, -0.1) is 0 Å². The van der Waals surface area contributed by atoms with Crippen LogP contribution in [0.4, 0.5) is 0 Å². The van der Waals surface area contributed by atoms with Crippen LogP contribution in [0.1, 0.15) is 46.3 Å². The van der Waals surface area contributed by atoms with E-state index in [1.54, 1.807) is 0 Å². The molecule has 0 N–H and O–H groups in total. The molecule has 2 aromatic rings. The first-order chi connectivity index (χ1) is 9.83. The third-order valence-corrected chi connectivity index (χ3v) is 3.80. The van der Waals surface area contributed by atoms with Crippen molar-refractivity contribution in [1.82, 2.24) is 0 Å². The quantitative estimate of drug-likeness (QED) is 0.563. The highest BCUT2D eigenvalue weighted by atomic mass is 16.1. The van der Waals surface area contributed by atoms with Crippen LogP contribution in [0, 0.1) is 0 Å². The monoisotopic (exact) mass is 262 g/mol. The largest absolute Gasteiger partial charge is 0.294 e. The molecule has 0 heterocycles. The van der Waals surface area contributed by atoms with Crippen LogP contribution < -0.4 is 0 Å². The summed E-state index contributed by atoms with van der Waals surface area (Å²) in [6.45, 7) is 0. The first kappa shape index (κ1) is 12.9. The van der Waals surface area contributed by atoms with E-state index in [0.717, 1.165) is 24.8 Å². The summed E-state index contributed by atoms with van der Waals surface area (Å²) in [4.78, 5) is 12.0. The number of ketones is 1. The molecule has 20 heavy (non-hydrogen) atoms. The van der Waals surface area contributed by atoms with E-state index in [1.807, 2.05) is 30.3 Å². The molecule has 0 radical (unpaired) electrons. The summed E-state index contributed by atoms with van der Waals surface area (Å²) in [6, 6.07) is 16.5. The Bertz CT molecular complexity index is 638. The number of benzene rings is 2. The molecular weight excluding hydrogens is 244 g/mol. The number of fused-ring (bicyclic) bond motifs is 1. The van der Waals surface area contributed by atoms with E-state index in [9.17, 15) is 4.79 Å². The minimum Gasteiger partial charge on any atom is -0.294 e. The molecule has 1 heteroatoms. The average Bonchev–Trinajstić information content (AvgIpc) is 2.68. The van der Waals surface area contributed by atoms with Gasteiger partial charge in [0, 0.05) is 12.0 Å². The lowest BCUT2D eigenvalue weighted by molar-refractivity contribution is 0.0982. The molecule has 2 aromatic carbocycles. The van der Waals surface area contributed by atoms with Crippen LogP contribution in [0.2, 0.25) is 0 Å². The molecule has 0 saturated heterocycles. The van der Waals surface area contributed by atoms with E-state index in [4.69, 9.17) is 0 Å². The van der Waals surface area contributed by atoms with E-state index < -0.39 is 0 Å². The molecule has 0 unspecified atom stereocenters. The molecule has 1 aliphatic carbocycles. The Hall–Kier alpha value is -2.15. The van der Waals surface area contributed by atoms with Crippen LogP contribution in [0.5, 0.6) is 0 Å². The van der Waals surface area contributed by atoms with Gasteiger partial charge < -0.3 is 0 Å². The summed E-state index contributed by atoms with van der Waals surface area (Å²) in [5, 5.41) is 0. The van der Waals surface area contributed by atoms with Gasteiger partial charge in [-0.2, -0.15) is 0 Å². The third kappa shape index (κ3) is 2.88. The Morgan fingerprint density at radius 1 is 0.800 bits per heavy atom. The van der Waals surface area contributed by atoms with E-state index in [0.29, 0.717) is 12.2 Å². The Morgan fingerprint density at radius 3 is 2.40 bits per heavy atom. The lowest BCUT2D eigenvalue weighted by Gasteiger charge is -2.05. The number of carbonyl (C=O) groups is 1. The Balaban J connectivity index is 1.87. The lowest BCUT2D eigenvalue weighted by Crippen LogP contribution is -1.99. The molecular formula is C19H18O. The molecule has 3 rings (SSSR count). The molecule has 0 aliphatic heterocycles. The molecule has 0 bridgehead atoms. The standard InChI is InChI=1S/C19H18O/c20-19-9-5-4-8-17-14-16(12-13-18(17)19)11-10-15-6-2-1-3-7-15/h1-3,6-7,10-14H,4-5,8-9H2/b11-10+. The summed E-state index contributed by atoms with van der Waals surface area (Å²) >= 11 is 0. The van der Waals surface area contributed by atoms with Gasteiger partial charge in [-0.05, 0) is 36.0 Å². The highest BCUT2D eigenvalue weighted by molar-refractivity contribution is 5.98. The second-order valence-electron chi connectivity index (χ2n) is 5.29. The summed E-state index contributed by atoms with van der Waals surface area (Å²) in [6.07, 6.45) is 8.08. The molecule has 0 amide bonds. The Kier molecular flexibility index (Phi) is 3.78. The summed E-state index contributed by atoms with van der Waals surface area (Å²) in [5.41, 5.74) is 4.50. The smallest absolute Gasteiger partial charge is 0.163 e. The van der Waals surface area contributed by atoms with Crippen LogP contribution in [0.15, 0.2) is 48.5 Å². The average molecular weight is 262 g/mol. The normalized spacial score (nSPS) is 15.1. The molecule has 0 aromatic heterocycles. The van der Waals surface area contributed by atoms with Crippen molar-refractivity contribution in [1.29, 1.82) is 0 Å². The van der Waals surface area contributed by atoms with Gasteiger partial charge in [0.2, 0.25) is 0 Å². The first-order valence-electron chi connectivity index (χ1n) is 7.22. The SMILES string of the molecule is O=C1CCCCc2cc(/C=C/c3ccccc3)ccc21. The summed E-state index contributed by atoms with van der Waals surface area (Å²) in [5.74, 6) is 0.302. The predicted octanol–water partition coefficient (Wildman–Crippen LogP) is 4.77. The summed E-state index contributed by atoms with van der Waals surface area (Å²) in [7, 11) is 0. The van der Waals surface area contributed by atoms with Crippen LogP contribution >= 0.6 is 0 Å². The number of rotatable bonds is 2. The van der Waals surface area contributed by atoms with Crippen molar-refractivity contribution >= 4 is 17.9 Å². The first-order valence-corrected chi connectivity index (χ1v) is 7.22. The van der Waals surface area contributed by atoms with Gasteiger partial charge >= 0.3 is 0 Å². The second-order valence-corrected chi connectivity index (χ2v) is 5.29. The molecule has 0 fully saturated rings. The van der Waals surface area contributed by atoms with Gasteiger partial charge in [-0.3, -0.25) is 4.79 Å². The number of hydrogen-bond acceptors (Lipinski definition) is 1. The fourth-order valence-electron chi connectivity index (χ4n) is 2.69. The molecule has 1 aliphatic rings. The topological polar surface area (TPSA) is 17.1 Å². The van der Waals surface area contributed by atoms with E-state index in [2.05, 4.69) is 30.4 Å². The molecule has 0 spiro atoms. The number of carbonyl (C=O) groups excluding carboxylic acids is 1. The zero-order valence-electron chi connectivity index (χ0n) is 11.5. The van der Waals surface area contributed by atoms with Gasteiger partial charge in [0.15, 0.2) is 5.78 Å². The summed E-state index contributed by atoms with van der Waals surface area (Å²) < 4.78 is 0. The maximum atomic E-state index is 12.0. The van der Waals surface area contributed by atoms with Crippen LogP contribution in [-0.4, -0.2) is 5.78 Å². The van der Waals surface area contributed by atoms with Gasteiger partial charge in [-0.1, -0.05) is 60.7 Å². The van der Waals surface area contributed by atoms with Crippen LogP contribution in [0.3, 0.4) is 0 Å². The fraction of sp³-hybridized carbons (Fsp3) is 0.211. The second kappa shape index (κ2) is 5.87. The highest BCUT2D eigenvalue weighted by Gasteiger charge is 2.14. The van der Waals surface area contributed by atoms with Crippen LogP contribution in [0.25, 0.3) is 12.2 Å². The van der Waals surface area contributed by atoms with Crippen molar-refractivity contribution in [3.8, 4) is 0 Å². The minimum absolute atomic E-state index is 0.302. The van der Waals surface area contributed by atoms with Crippen molar-refractivity contribution in [2.75, 3.05) is 0 Å². The minimum atomic E-state index is 0.302. The van der Waals surface area contributed by atoms with Crippen molar-refractivity contribution in [2.45, 2.75) is 25.7 Å². The van der Waals surface area contributed by atoms with Crippen molar-refractivity contribution < 1.29 is 4.79 Å². The molecule has 100 valence electrons. The lowest BCUT2D eigenvalue weighted by atomic mass is 9.99. The predicted molar refractivity (Wildman–Crippen MR) is 83.7 cm³/mol. The van der Waals surface area contributed by atoms with E-state index in [1.165, 1.54) is 16.7 Å². The van der Waals surface area contributed by atoms with E-state index in [-0.39, 0.29) is 0 Å². The van der Waals surface area contributed by atoms with Crippen LogP contribution in [-0.2, 0) is 6.42 Å². The maximum absolute atomic E-state index is 12.0. The third-order valence-electron chi connectivity index (χ3n) is 3.80. The van der Waals surface area contributed by atoms with Gasteiger partial charge in [0.25, 0.3) is 0 Å². The number of aryl methyl sites for hydroxylation is 1. The Morgan fingerprint density at radius 2 is 1.55 bits per heavy atom. The Labute approximate surface area is 120 Å². The van der Waals surface area contributed by atoms with Crippen molar-refractivity contribution in [2.24, 2.45) is 0 Å². The zero-order chi connectivity index (χ0) is 13.8. The number of hydrogen-bond donors (Lipinski definition) is 0. The molecule has 0 saturated carbocycles. The maximum Gasteiger partial charge on any atom is 0.163 e. The molecule has 1 nitrogen and oxygen atoms in total. The van der Waals surface area contributed by atoms with Gasteiger partial charge in [-0.25, -0.2) is 0 Å². The molecule has 0 atom stereocenters. The van der Waals surface area contributed by atoms with Crippen molar-refractivity contribution in [3.63, 3.8) is 0 Å². The zero-order valence-corrected chi connectivity index (χ0v) is 11.5. The van der Waals surface area contributed by atoms with Crippen molar-refractivity contribution in [3.05, 3.63) is 70.8 Å². The van der Waals surface area contributed by atoms with Gasteiger partial charge in [0.05, 0.1) is 0 Å². The van der Waals surface area contributed by atoms with Gasteiger partial charge in [0.1, 0.15) is 0 Å². The fourth-order valence-corrected chi connectivity index (χ4v) is 2.69. The highest BCUT2D eigenvalue weighted by Crippen LogP contribution is 2.22. The number of Topliss-reactive ketones (excluding diaryl/α,β-unsaturated/α-hetero) is 1. The van der Waals surface area contributed by atoms with E-state index >= 15 is 0 Å².